The number of nitrogens with zero attached hydrogens (tertiary/aromatic N) is 5. The lowest BCUT2D eigenvalue weighted by Crippen LogP contribution is -2.47. The third-order valence-electron chi connectivity index (χ3n) is 7.42. The van der Waals surface area contributed by atoms with Crippen LogP contribution in [0.25, 0.3) is 5.69 Å². The smallest absolute Gasteiger partial charge is 0.259 e. The van der Waals surface area contributed by atoms with Crippen LogP contribution < -0.4 is 5.32 Å². The topological polar surface area (TPSA) is 96.1 Å². The largest absolute Gasteiger partial charge is 0.379 e. The van der Waals surface area contributed by atoms with Gasteiger partial charge in [0, 0.05) is 19.1 Å². The van der Waals surface area contributed by atoms with Crippen LogP contribution in [-0.2, 0) is 10.2 Å². The van der Waals surface area contributed by atoms with Crippen molar-refractivity contribution in [3.8, 4) is 11.8 Å². The summed E-state index contributed by atoms with van der Waals surface area (Å²) in [4.78, 5) is 20.0. The summed E-state index contributed by atoms with van der Waals surface area (Å²) in [7, 11) is 0. The van der Waals surface area contributed by atoms with E-state index in [9.17, 15) is 14.4 Å². The first-order valence-electron chi connectivity index (χ1n) is 12.3. The molecule has 2 aliphatic rings. The van der Waals surface area contributed by atoms with E-state index in [2.05, 4.69) is 26.4 Å². The highest BCUT2D eigenvalue weighted by atomic mass is 19.1. The first-order chi connectivity index (χ1) is 17.5. The maximum atomic E-state index is 13.2. The summed E-state index contributed by atoms with van der Waals surface area (Å²) in [5, 5.41) is 17.2. The van der Waals surface area contributed by atoms with Crippen molar-refractivity contribution < 1.29 is 13.9 Å². The average Bonchev–Trinajstić information content (AvgIpc) is 3.31. The molecule has 0 radical (unpaired) electrons. The number of aromatic nitrogens is 3. The maximum Gasteiger partial charge on any atom is 0.259 e. The van der Waals surface area contributed by atoms with Gasteiger partial charge in [-0.15, -0.1) is 0 Å². The van der Waals surface area contributed by atoms with Crippen molar-refractivity contribution in [1.29, 1.82) is 5.26 Å². The minimum absolute atomic E-state index is 0.309. The van der Waals surface area contributed by atoms with E-state index in [4.69, 9.17) is 4.74 Å². The Morgan fingerprint density at radius 2 is 1.86 bits per heavy atom. The second-order valence-electron chi connectivity index (χ2n) is 9.49. The molecule has 1 N–H and O–H groups in total. The Labute approximate surface area is 209 Å². The molecular formula is C27H29FN6O2. The molecule has 3 aromatic rings. The molecule has 8 nitrogen and oxygen atoms in total. The molecular weight excluding hydrogens is 459 g/mol. The van der Waals surface area contributed by atoms with Gasteiger partial charge in [-0.1, -0.05) is 0 Å². The van der Waals surface area contributed by atoms with E-state index in [0.717, 1.165) is 57.7 Å². The Bertz CT molecular complexity index is 1250. The number of hydrogen-bond acceptors (Lipinski definition) is 6. The number of benzene rings is 1. The molecule has 1 aromatic carbocycles. The average molecular weight is 489 g/mol. The third-order valence-corrected chi connectivity index (χ3v) is 7.42. The molecule has 0 bridgehead atoms. The van der Waals surface area contributed by atoms with Gasteiger partial charge in [-0.25, -0.2) is 9.07 Å². The second-order valence-corrected chi connectivity index (χ2v) is 9.49. The molecule has 1 aliphatic heterocycles. The highest BCUT2D eigenvalue weighted by Crippen LogP contribution is 2.40. The molecule has 1 saturated carbocycles. The van der Waals surface area contributed by atoms with Crippen LogP contribution in [0.2, 0.25) is 0 Å². The molecule has 36 heavy (non-hydrogen) atoms. The second kappa shape index (κ2) is 10.2. The number of rotatable bonds is 5. The van der Waals surface area contributed by atoms with Crippen molar-refractivity contribution >= 4 is 11.6 Å². The molecule has 1 amide bonds. The number of amides is 1. The van der Waals surface area contributed by atoms with Gasteiger partial charge in [-0.2, -0.15) is 10.4 Å². The molecule has 0 unspecified atom stereocenters. The molecule has 0 atom stereocenters. The van der Waals surface area contributed by atoms with Gasteiger partial charge >= 0.3 is 0 Å². The number of morpholine rings is 1. The van der Waals surface area contributed by atoms with Gasteiger partial charge in [0.25, 0.3) is 5.91 Å². The normalized spacial score (nSPS) is 22.6. The van der Waals surface area contributed by atoms with Crippen LogP contribution in [0.3, 0.4) is 0 Å². The Balaban J connectivity index is 1.25. The number of halogens is 1. The number of hydrogen-bond donors (Lipinski definition) is 1. The fourth-order valence-electron chi connectivity index (χ4n) is 5.25. The number of pyridine rings is 1. The van der Waals surface area contributed by atoms with Crippen molar-refractivity contribution in [2.45, 2.75) is 44.1 Å². The van der Waals surface area contributed by atoms with Gasteiger partial charge in [-0.05, 0) is 69.0 Å². The van der Waals surface area contributed by atoms with Crippen LogP contribution in [0.4, 0.5) is 10.1 Å². The summed E-state index contributed by atoms with van der Waals surface area (Å²) < 4.78 is 20.3. The number of anilines is 1. The van der Waals surface area contributed by atoms with Crippen LogP contribution in [-0.4, -0.2) is 57.9 Å². The standard InChI is InChI=1S/C27H29FN6O2/c1-19-24(17-31-34(19)23-5-2-20(28)3-6-23)26(35)32-21-4-7-25(30-16-21)27(18-29)10-8-22(9-11-27)33-12-14-36-15-13-33/h2-7,16-17,22H,8-15H2,1H3,(H,32,35)/t22-,27-. The van der Waals surface area contributed by atoms with Crippen molar-refractivity contribution in [3.05, 3.63) is 71.6 Å². The minimum Gasteiger partial charge on any atom is -0.379 e. The van der Waals surface area contributed by atoms with Crippen molar-refractivity contribution in [2.75, 3.05) is 31.6 Å². The van der Waals surface area contributed by atoms with Gasteiger partial charge < -0.3 is 10.1 Å². The first-order valence-corrected chi connectivity index (χ1v) is 12.3. The molecule has 1 aliphatic carbocycles. The zero-order valence-electron chi connectivity index (χ0n) is 20.3. The van der Waals surface area contributed by atoms with Gasteiger partial charge in [0.2, 0.25) is 0 Å². The summed E-state index contributed by atoms with van der Waals surface area (Å²) >= 11 is 0. The van der Waals surface area contributed by atoms with E-state index in [1.54, 1.807) is 36.0 Å². The van der Waals surface area contributed by atoms with Gasteiger partial charge in [0.15, 0.2) is 0 Å². The number of nitriles is 1. The predicted octanol–water partition coefficient (Wildman–Crippen LogP) is 4.00. The Morgan fingerprint density at radius 1 is 1.14 bits per heavy atom. The van der Waals surface area contributed by atoms with E-state index in [-0.39, 0.29) is 11.7 Å². The molecule has 1 saturated heterocycles. The SMILES string of the molecule is Cc1c(C(=O)Nc2ccc([C@]3(C#N)CC[C@@H](N4CCOCC4)CC3)nc2)cnn1-c1ccc(F)cc1. The van der Waals surface area contributed by atoms with Gasteiger partial charge in [0.1, 0.15) is 5.82 Å². The predicted molar refractivity (Wildman–Crippen MR) is 132 cm³/mol. The minimum atomic E-state index is -0.599. The fraction of sp³-hybridized carbons (Fsp3) is 0.407. The lowest BCUT2D eigenvalue weighted by Gasteiger charge is -2.41. The van der Waals surface area contributed by atoms with Crippen LogP contribution >= 0.6 is 0 Å². The van der Waals surface area contributed by atoms with Crippen molar-refractivity contribution in [1.82, 2.24) is 19.7 Å². The lowest BCUT2D eigenvalue weighted by molar-refractivity contribution is 0.00493. The summed E-state index contributed by atoms with van der Waals surface area (Å²) in [5.41, 5.74) is 2.43. The van der Waals surface area contributed by atoms with Crippen LogP contribution in [0.5, 0.6) is 0 Å². The van der Waals surface area contributed by atoms with E-state index >= 15 is 0 Å². The third kappa shape index (κ3) is 4.74. The molecule has 2 fully saturated rings. The lowest BCUT2D eigenvalue weighted by atomic mass is 9.71. The van der Waals surface area contributed by atoms with E-state index < -0.39 is 5.41 Å². The summed E-state index contributed by atoms with van der Waals surface area (Å²) in [6.07, 6.45) is 6.57. The molecule has 2 aromatic heterocycles. The quantitative estimate of drug-likeness (QED) is 0.583. The van der Waals surface area contributed by atoms with Gasteiger partial charge in [-0.3, -0.25) is 14.7 Å². The van der Waals surface area contributed by atoms with Crippen LogP contribution in [0, 0.1) is 24.1 Å². The molecule has 9 heteroatoms. The van der Waals surface area contributed by atoms with Gasteiger partial charge in [0.05, 0.1) is 65.4 Å². The Kier molecular flexibility index (Phi) is 6.81. The highest BCUT2D eigenvalue weighted by Gasteiger charge is 2.40. The summed E-state index contributed by atoms with van der Waals surface area (Å²) in [5.74, 6) is -0.641. The van der Waals surface area contributed by atoms with Crippen molar-refractivity contribution in [2.24, 2.45) is 0 Å². The van der Waals surface area contributed by atoms with Crippen LogP contribution in [0.15, 0.2) is 48.8 Å². The molecule has 5 rings (SSSR count). The Hall–Kier alpha value is -3.61. The van der Waals surface area contributed by atoms with E-state index in [1.807, 2.05) is 6.07 Å². The fourth-order valence-corrected chi connectivity index (χ4v) is 5.25. The van der Waals surface area contributed by atoms with E-state index in [0.29, 0.717) is 28.7 Å². The van der Waals surface area contributed by atoms with E-state index in [1.165, 1.54) is 18.3 Å². The number of nitrogens with one attached hydrogen (secondary N) is 1. The Morgan fingerprint density at radius 3 is 2.50 bits per heavy atom. The highest BCUT2D eigenvalue weighted by molar-refractivity contribution is 6.04. The summed E-state index contributed by atoms with van der Waals surface area (Å²) in [6.45, 7) is 5.26. The summed E-state index contributed by atoms with van der Waals surface area (Å²) in [6, 6.07) is 12.6. The van der Waals surface area contributed by atoms with Crippen molar-refractivity contribution in [3.63, 3.8) is 0 Å². The monoisotopic (exact) mass is 488 g/mol. The maximum absolute atomic E-state index is 13.2. The molecule has 3 heterocycles. The number of carbonyl (C=O) groups excluding carboxylic acids is 1. The zero-order chi connectivity index (χ0) is 25.1. The molecule has 0 spiro atoms. The zero-order valence-corrected chi connectivity index (χ0v) is 20.3. The number of ether oxygens (including phenoxy) is 1. The number of carbonyl (C=O) groups is 1. The molecule has 186 valence electrons. The first kappa shape index (κ1) is 24.1. The van der Waals surface area contributed by atoms with Crippen LogP contribution in [0.1, 0.15) is 47.4 Å².